The summed E-state index contributed by atoms with van der Waals surface area (Å²) in [5.41, 5.74) is 9.84. The summed E-state index contributed by atoms with van der Waals surface area (Å²) in [4.78, 5) is 38.0. The largest absolute Gasteiger partial charge is 0.489 e. The topological polar surface area (TPSA) is 195 Å². The third-order valence-corrected chi connectivity index (χ3v) is 8.83. The monoisotopic (exact) mass is 767 g/mol. The van der Waals surface area contributed by atoms with Crippen LogP contribution in [-0.2, 0) is 32.3 Å². The third-order valence-electron chi connectivity index (χ3n) is 8.83. The first-order valence-corrected chi connectivity index (χ1v) is 18.6. The van der Waals surface area contributed by atoms with E-state index in [9.17, 15) is 14.4 Å². The first kappa shape index (κ1) is 40.4. The first-order valence-electron chi connectivity index (χ1n) is 17.3. The van der Waals surface area contributed by atoms with Crippen molar-refractivity contribution in [2.75, 3.05) is 6.61 Å². The van der Waals surface area contributed by atoms with Crippen molar-refractivity contribution in [1.82, 2.24) is 10.6 Å². The Morgan fingerprint density at radius 1 is 0.636 bits per heavy atom. The summed E-state index contributed by atoms with van der Waals surface area (Å²) in [6, 6.07) is 38.3. The van der Waals surface area contributed by atoms with Crippen LogP contribution in [0.1, 0.15) is 47.6 Å². The number of aryl methyl sites for hydroxylation is 1. The number of nitrogens with one attached hydrogen (secondary N) is 2. The Kier molecular flexibility index (Phi) is 13.6. The lowest BCUT2D eigenvalue weighted by Crippen LogP contribution is -2.68. The maximum absolute atomic E-state index is 12.7. The number of hydrogen-bond acceptors (Lipinski definition) is 10. The summed E-state index contributed by atoms with van der Waals surface area (Å²) >= 11 is 0. The zero-order valence-corrected chi connectivity index (χ0v) is 31.1. The van der Waals surface area contributed by atoms with Gasteiger partial charge in [-0.05, 0) is 77.4 Å². The summed E-state index contributed by atoms with van der Waals surface area (Å²) in [5, 5.41) is 5.15. The van der Waals surface area contributed by atoms with Crippen LogP contribution in [0.25, 0.3) is 22.3 Å². The summed E-state index contributed by atoms with van der Waals surface area (Å²) in [6.45, 7) is 5.73. The lowest BCUT2D eigenvalue weighted by atomic mass is 9.98. The van der Waals surface area contributed by atoms with Crippen LogP contribution < -0.4 is 34.0 Å². The van der Waals surface area contributed by atoms with E-state index in [1.807, 2.05) is 60.7 Å². The van der Waals surface area contributed by atoms with Crippen LogP contribution >= 0.6 is 0 Å². The molecule has 0 saturated carbocycles. The fourth-order valence-corrected chi connectivity index (χ4v) is 5.95. The molecular weight excluding hydrogens is 728 g/mol. The van der Waals surface area contributed by atoms with Crippen LogP contribution in [-0.4, -0.2) is 36.7 Å². The summed E-state index contributed by atoms with van der Waals surface area (Å²) in [7, 11) is -4.94. The van der Waals surface area contributed by atoms with Gasteiger partial charge in [-0.15, -0.1) is 10.2 Å². The van der Waals surface area contributed by atoms with Crippen molar-refractivity contribution in [3.8, 4) is 28.0 Å². The molecule has 0 spiro atoms. The van der Waals surface area contributed by atoms with Crippen LogP contribution in [0.5, 0.6) is 5.75 Å². The zero-order valence-electron chi connectivity index (χ0n) is 30.4. The Balaban J connectivity index is 0.00000109. The Morgan fingerprint density at radius 2 is 1.13 bits per heavy atom. The number of fused-ring (bicyclic) bond motifs is 3. The van der Waals surface area contributed by atoms with Gasteiger partial charge >= 0.3 is 12.1 Å². The number of ether oxygens (including phenoxy) is 3. The molecule has 6 rings (SSSR count). The van der Waals surface area contributed by atoms with Gasteiger partial charge in [-0.3, -0.25) is 4.79 Å². The maximum atomic E-state index is 12.7. The van der Waals surface area contributed by atoms with Crippen molar-refractivity contribution in [3.05, 3.63) is 149 Å². The van der Waals surface area contributed by atoms with Gasteiger partial charge in [-0.2, -0.15) is 0 Å². The lowest BCUT2D eigenvalue weighted by molar-refractivity contribution is -2.00. The van der Waals surface area contributed by atoms with Gasteiger partial charge in [0.1, 0.15) is 37.7 Å². The van der Waals surface area contributed by atoms with Gasteiger partial charge in [0, 0.05) is 5.92 Å². The molecule has 286 valence electrons. The van der Waals surface area contributed by atoms with E-state index >= 15 is 0 Å². The molecule has 13 heteroatoms. The molecule has 12 nitrogen and oxygen atoms in total. The molecule has 5 aromatic carbocycles. The van der Waals surface area contributed by atoms with Crippen LogP contribution in [0.2, 0.25) is 0 Å². The van der Waals surface area contributed by atoms with E-state index in [0.717, 1.165) is 38.9 Å². The highest BCUT2D eigenvalue weighted by molar-refractivity contribution is 5.89. The van der Waals surface area contributed by atoms with Crippen molar-refractivity contribution < 1.29 is 57.5 Å². The van der Waals surface area contributed by atoms with E-state index in [-0.39, 0.29) is 19.1 Å². The van der Waals surface area contributed by atoms with Gasteiger partial charge in [0.15, 0.2) is 0 Å². The molecule has 0 aliphatic heterocycles. The number of amides is 2. The highest BCUT2D eigenvalue weighted by Gasteiger charge is 2.29. The average molecular weight is 768 g/mol. The molecule has 2 atom stereocenters. The van der Waals surface area contributed by atoms with E-state index in [2.05, 4.69) is 78.2 Å². The fourth-order valence-electron chi connectivity index (χ4n) is 5.95. The Labute approximate surface area is 321 Å². The molecule has 1 aliphatic rings. The highest BCUT2D eigenvalue weighted by atomic mass is 35.7. The summed E-state index contributed by atoms with van der Waals surface area (Å²) < 4.78 is 50.9. The molecule has 5 aromatic rings. The number of benzene rings is 5. The van der Waals surface area contributed by atoms with Crippen LogP contribution in [0, 0.1) is 17.2 Å². The van der Waals surface area contributed by atoms with E-state index in [0.29, 0.717) is 12.4 Å². The number of hydrogen-bond donors (Lipinski definition) is 2. The van der Waals surface area contributed by atoms with Gasteiger partial charge in [-0.1, -0.05) is 115 Å². The van der Waals surface area contributed by atoms with Crippen LogP contribution in [0.15, 0.2) is 121 Å². The molecular formula is C42H40ClN2O10-. The van der Waals surface area contributed by atoms with Gasteiger partial charge in [0.2, 0.25) is 5.91 Å². The number of alkyl carbamates (subject to hydrolysis) is 1. The summed E-state index contributed by atoms with van der Waals surface area (Å²) in [5.74, 6) is -0.527. The quantitative estimate of drug-likeness (QED) is 0.178. The van der Waals surface area contributed by atoms with Crippen molar-refractivity contribution in [2.45, 2.75) is 52.0 Å². The number of carbonyl (C=O) groups is 3. The van der Waals surface area contributed by atoms with Crippen molar-refractivity contribution in [2.24, 2.45) is 0 Å². The van der Waals surface area contributed by atoms with Crippen molar-refractivity contribution >= 4 is 18.0 Å². The Bertz CT molecular complexity index is 2020. The van der Waals surface area contributed by atoms with Gasteiger partial charge in [0.25, 0.3) is 0 Å². The van der Waals surface area contributed by atoms with E-state index in [1.165, 1.54) is 25.0 Å². The fraction of sp³-hybridized carbons (Fsp3) is 0.214. The normalized spacial score (nSPS) is 12.9. The van der Waals surface area contributed by atoms with Crippen molar-refractivity contribution in [3.63, 3.8) is 0 Å². The predicted molar refractivity (Wildman–Crippen MR) is 192 cm³/mol. The lowest BCUT2D eigenvalue weighted by Gasteiger charge is -2.19. The predicted octanol–water partition coefficient (Wildman–Crippen LogP) is 2.96. The van der Waals surface area contributed by atoms with Gasteiger partial charge in [-0.25, -0.2) is 28.2 Å². The van der Waals surface area contributed by atoms with E-state index < -0.39 is 40.3 Å². The molecule has 0 heterocycles. The third kappa shape index (κ3) is 11.9. The molecule has 0 fully saturated rings. The smallest absolute Gasteiger partial charge is 0.407 e. The number of esters is 1. The Hall–Kier alpha value is -5.76. The molecule has 1 aliphatic carbocycles. The molecule has 2 unspecified atom stereocenters. The van der Waals surface area contributed by atoms with Gasteiger partial charge in [0.05, 0.1) is 0 Å². The molecule has 55 heavy (non-hydrogen) atoms. The second-order valence-electron chi connectivity index (χ2n) is 12.9. The minimum absolute atomic E-state index is 0.0351. The van der Waals surface area contributed by atoms with Crippen LogP contribution in [0.3, 0.4) is 0 Å². The van der Waals surface area contributed by atoms with Gasteiger partial charge < -0.3 is 24.8 Å². The highest BCUT2D eigenvalue weighted by Crippen LogP contribution is 2.44. The number of halogens is 1. The van der Waals surface area contributed by atoms with E-state index in [4.69, 9.17) is 32.8 Å². The minimum Gasteiger partial charge on any atom is -0.489 e. The zero-order chi connectivity index (χ0) is 39.5. The molecule has 0 bridgehead atoms. The number of carbonyl (C=O) groups excluding carboxylic acids is 3. The number of rotatable bonds is 12. The molecule has 0 aromatic heterocycles. The van der Waals surface area contributed by atoms with E-state index in [1.54, 1.807) is 0 Å². The molecule has 2 N–H and O–H groups in total. The minimum atomic E-state index is -4.94. The van der Waals surface area contributed by atoms with Crippen LogP contribution in [0.4, 0.5) is 4.79 Å². The SMILES string of the molecule is Cc1ccc(-c2ccc(COc3ccc(COC(=O)C(C)NC(=O)C(C)NC(=O)OCC4c5ccccc5-c5ccccc54)cc3)cc2)cc1.[O-][Cl+3]([O-])([O-])[O-]. The molecule has 2 amide bonds. The summed E-state index contributed by atoms with van der Waals surface area (Å²) in [6.07, 6.45) is -0.715. The standard InChI is InChI=1S/C42H40N2O6.ClHO4/c1-27-12-18-32(19-13-27)33-20-14-30(15-21-33)24-48-34-22-16-31(17-23-34)25-49-41(46)29(3)43-40(45)28(2)44-42(47)50-26-39-37-10-6-4-8-35(37)36-9-5-7-11-38(36)39;2-1(3,4)5/h4-23,28-29,39H,24-26H2,1-3H3,(H,43,45)(H,44,47);(H,2,3,4,5)/p-1. The molecule has 0 radical (unpaired) electrons. The maximum Gasteiger partial charge on any atom is 0.407 e. The molecule has 0 saturated heterocycles. The Morgan fingerprint density at radius 3 is 1.69 bits per heavy atom. The first-order chi connectivity index (χ1) is 26.2. The van der Waals surface area contributed by atoms with Crippen molar-refractivity contribution in [1.29, 1.82) is 0 Å². The second kappa shape index (κ2) is 18.5. The second-order valence-corrected chi connectivity index (χ2v) is 13.7. The average Bonchev–Trinajstić information content (AvgIpc) is 3.49.